The van der Waals surface area contributed by atoms with Gasteiger partial charge < -0.3 is 14.2 Å². The molecule has 3 aromatic rings. The third-order valence-electron chi connectivity index (χ3n) is 6.27. The van der Waals surface area contributed by atoms with Gasteiger partial charge in [-0.2, -0.15) is 0 Å². The van der Waals surface area contributed by atoms with Crippen LogP contribution >= 0.6 is 11.6 Å². The number of amides is 2. The second-order valence-electron chi connectivity index (χ2n) is 8.07. The van der Waals surface area contributed by atoms with E-state index in [1.807, 2.05) is 30.3 Å². The van der Waals surface area contributed by atoms with Gasteiger partial charge in [0.15, 0.2) is 17.6 Å². The third kappa shape index (κ3) is 3.66. The summed E-state index contributed by atoms with van der Waals surface area (Å²) >= 11 is 6.34. The minimum Gasteiger partial charge on any atom is -0.496 e. The monoisotopic (exact) mass is 494 g/mol. The maximum atomic E-state index is 13.8. The molecule has 35 heavy (non-hydrogen) atoms. The molecule has 3 unspecified atom stereocenters. The van der Waals surface area contributed by atoms with Crippen molar-refractivity contribution in [3.8, 4) is 17.2 Å². The van der Waals surface area contributed by atoms with E-state index in [9.17, 15) is 9.59 Å². The van der Waals surface area contributed by atoms with Crippen LogP contribution in [0.2, 0.25) is 5.02 Å². The van der Waals surface area contributed by atoms with Gasteiger partial charge in [0.1, 0.15) is 17.7 Å². The van der Waals surface area contributed by atoms with Gasteiger partial charge in [-0.3, -0.25) is 14.4 Å². The number of carbonyl (C=O) groups excluding carboxylic acids is 2. The van der Waals surface area contributed by atoms with E-state index in [2.05, 4.69) is 0 Å². The van der Waals surface area contributed by atoms with Gasteiger partial charge in [-0.1, -0.05) is 41.9 Å². The van der Waals surface area contributed by atoms with Gasteiger partial charge in [-0.25, -0.2) is 9.96 Å². The zero-order valence-electron chi connectivity index (χ0n) is 19.3. The fourth-order valence-corrected chi connectivity index (χ4v) is 4.90. The largest absolute Gasteiger partial charge is 0.496 e. The smallest absolute Gasteiger partial charge is 0.266 e. The molecule has 5 rings (SSSR count). The molecule has 2 fully saturated rings. The number of benzene rings is 3. The van der Waals surface area contributed by atoms with Gasteiger partial charge in [0.25, 0.3) is 5.91 Å². The first kappa shape index (κ1) is 23.0. The van der Waals surface area contributed by atoms with Gasteiger partial charge in [-0.15, -0.1) is 0 Å². The molecule has 0 radical (unpaired) electrons. The summed E-state index contributed by atoms with van der Waals surface area (Å²) in [6.45, 7) is 0. The molecule has 2 saturated heterocycles. The van der Waals surface area contributed by atoms with Crippen LogP contribution in [0.3, 0.4) is 0 Å². The summed E-state index contributed by atoms with van der Waals surface area (Å²) in [4.78, 5) is 34.6. The molecule has 0 aliphatic carbocycles. The molecule has 0 saturated carbocycles. The molecule has 2 aliphatic rings. The SMILES string of the molecule is COc1cc(OC)c(C2C3C(=O)N(c4ccccc4Cl)C(=O)C3ON2c2ccccc2)cc1OC. The first-order valence-electron chi connectivity index (χ1n) is 10.9. The molecule has 0 aromatic heterocycles. The van der Waals surface area contributed by atoms with Crippen LogP contribution in [0.1, 0.15) is 11.6 Å². The van der Waals surface area contributed by atoms with E-state index >= 15 is 0 Å². The fraction of sp³-hybridized carbons (Fsp3) is 0.231. The van der Waals surface area contributed by atoms with Crippen LogP contribution in [0.4, 0.5) is 11.4 Å². The number of methoxy groups -OCH3 is 3. The molecule has 2 aliphatic heterocycles. The van der Waals surface area contributed by atoms with Gasteiger partial charge in [0.2, 0.25) is 5.91 Å². The normalized spacial score (nSPS) is 21.3. The van der Waals surface area contributed by atoms with Crippen molar-refractivity contribution in [3.63, 3.8) is 0 Å². The number of hydrogen-bond donors (Lipinski definition) is 0. The Morgan fingerprint density at radius 3 is 2.09 bits per heavy atom. The number of carbonyl (C=O) groups is 2. The van der Waals surface area contributed by atoms with E-state index in [0.29, 0.717) is 39.2 Å². The molecule has 3 atom stereocenters. The molecule has 9 heteroatoms. The van der Waals surface area contributed by atoms with Crippen LogP contribution in [0, 0.1) is 5.92 Å². The van der Waals surface area contributed by atoms with Crippen LogP contribution in [0.15, 0.2) is 66.7 Å². The summed E-state index contributed by atoms with van der Waals surface area (Å²) < 4.78 is 16.6. The predicted molar refractivity (Wildman–Crippen MR) is 130 cm³/mol. The van der Waals surface area contributed by atoms with E-state index in [4.69, 9.17) is 30.6 Å². The Bertz CT molecular complexity index is 1280. The van der Waals surface area contributed by atoms with E-state index in [1.165, 1.54) is 21.3 Å². The Hall–Kier alpha value is -3.75. The Morgan fingerprint density at radius 1 is 0.800 bits per heavy atom. The lowest BCUT2D eigenvalue weighted by Crippen LogP contribution is -2.37. The number of ether oxygens (including phenoxy) is 3. The van der Waals surface area contributed by atoms with Crippen LogP contribution in [0.25, 0.3) is 0 Å². The van der Waals surface area contributed by atoms with E-state index in [1.54, 1.807) is 41.5 Å². The van der Waals surface area contributed by atoms with Gasteiger partial charge in [0, 0.05) is 11.6 Å². The Labute approximate surface area is 207 Å². The van der Waals surface area contributed by atoms with E-state index < -0.39 is 29.9 Å². The number of fused-ring (bicyclic) bond motifs is 1. The summed E-state index contributed by atoms with van der Waals surface area (Å²) in [5.41, 5.74) is 1.63. The number of nitrogens with zero attached hydrogens (tertiary/aromatic N) is 2. The van der Waals surface area contributed by atoms with E-state index in [-0.39, 0.29) is 0 Å². The summed E-state index contributed by atoms with van der Waals surface area (Å²) in [7, 11) is 4.59. The second kappa shape index (κ2) is 9.13. The quantitative estimate of drug-likeness (QED) is 0.469. The third-order valence-corrected chi connectivity index (χ3v) is 6.59. The first-order chi connectivity index (χ1) is 17.0. The summed E-state index contributed by atoms with van der Waals surface area (Å²) in [6.07, 6.45) is -1.04. The average molecular weight is 495 g/mol. The summed E-state index contributed by atoms with van der Waals surface area (Å²) in [5, 5.41) is 1.90. The van der Waals surface area contributed by atoms with Crippen molar-refractivity contribution in [1.29, 1.82) is 0 Å². The topological polar surface area (TPSA) is 77.5 Å². The molecular weight excluding hydrogens is 472 g/mol. The maximum Gasteiger partial charge on any atom is 0.266 e. The number of hydroxylamine groups is 1. The molecule has 0 N–H and O–H groups in total. The summed E-state index contributed by atoms with van der Waals surface area (Å²) in [6, 6.07) is 18.8. The first-order valence-corrected chi connectivity index (χ1v) is 11.3. The maximum absolute atomic E-state index is 13.8. The number of hydrogen-bond acceptors (Lipinski definition) is 7. The van der Waals surface area contributed by atoms with Crippen molar-refractivity contribution >= 4 is 34.8 Å². The van der Waals surface area contributed by atoms with Crippen LogP contribution in [0.5, 0.6) is 17.2 Å². The van der Waals surface area contributed by atoms with Crippen molar-refractivity contribution in [2.45, 2.75) is 12.1 Å². The van der Waals surface area contributed by atoms with E-state index in [0.717, 1.165) is 4.90 Å². The molecule has 0 spiro atoms. The molecule has 3 aromatic carbocycles. The Kier molecular flexibility index (Phi) is 6.00. The number of para-hydroxylation sites is 2. The molecule has 8 nitrogen and oxygen atoms in total. The lowest BCUT2D eigenvalue weighted by atomic mass is 9.89. The number of anilines is 2. The molecule has 0 bridgehead atoms. The highest BCUT2D eigenvalue weighted by atomic mass is 35.5. The second-order valence-corrected chi connectivity index (χ2v) is 8.48. The molecule has 2 heterocycles. The fourth-order valence-electron chi connectivity index (χ4n) is 4.68. The summed E-state index contributed by atoms with van der Waals surface area (Å²) in [5.74, 6) is -0.342. The van der Waals surface area contributed by atoms with Crippen molar-refractivity contribution in [1.82, 2.24) is 0 Å². The number of rotatable bonds is 6. The zero-order chi connectivity index (χ0) is 24.7. The zero-order valence-corrected chi connectivity index (χ0v) is 20.1. The van der Waals surface area contributed by atoms with Crippen molar-refractivity contribution in [3.05, 3.63) is 77.3 Å². The lowest BCUT2D eigenvalue weighted by Gasteiger charge is -2.30. The highest BCUT2D eigenvalue weighted by Gasteiger charge is 2.61. The van der Waals surface area contributed by atoms with Gasteiger partial charge in [0.05, 0.1) is 37.7 Å². The minimum absolute atomic E-state index is 0.300. The highest BCUT2D eigenvalue weighted by molar-refractivity contribution is 6.36. The highest BCUT2D eigenvalue weighted by Crippen LogP contribution is 2.51. The molecule has 180 valence electrons. The van der Waals surface area contributed by atoms with Crippen molar-refractivity contribution in [2.24, 2.45) is 5.92 Å². The van der Waals surface area contributed by atoms with Crippen LogP contribution < -0.4 is 24.2 Å². The van der Waals surface area contributed by atoms with Crippen LogP contribution in [-0.2, 0) is 14.4 Å². The van der Waals surface area contributed by atoms with Crippen LogP contribution in [-0.4, -0.2) is 39.2 Å². The molecule has 2 amide bonds. The van der Waals surface area contributed by atoms with Gasteiger partial charge in [-0.05, 0) is 30.3 Å². The van der Waals surface area contributed by atoms with Crippen molar-refractivity contribution < 1.29 is 28.6 Å². The number of halogens is 1. The molecular formula is C26H23ClN2O6. The average Bonchev–Trinajstić information content (AvgIpc) is 3.39. The Morgan fingerprint density at radius 2 is 1.43 bits per heavy atom. The van der Waals surface area contributed by atoms with Crippen molar-refractivity contribution in [2.75, 3.05) is 31.3 Å². The standard InChI is InChI=1S/C26H23ClN2O6/c1-32-19-14-21(34-3)20(33-2)13-16(19)23-22-24(35-29(23)15-9-5-4-6-10-15)26(31)28(25(22)30)18-12-8-7-11-17(18)27/h4-14,22-24H,1-3H3. The predicted octanol–water partition coefficient (Wildman–Crippen LogP) is 4.42. The number of imide groups is 1. The lowest BCUT2D eigenvalue weighted by molar-refractivity contribution is -0.126. The van der Waals surface area contributed by atoms with Gasteiger partial charge >= 0.3 is 0 Å². The minimum atomic E-state index is -1.04. The Balaban J connectivity index is 1.67.